The van der Waals surface area contributed by atoms with Gasteiger partial charge in [0.2, 0.25) is 0 Å². The molecule has 17 heteroatoms. The summed E-state index contributed by atoms with van der Waals surface area (Å²) in [5.74, 6) is 0.0736. The maximum absolute atomic E-state index is 11.2. The van der Waals surface area contributed by atoms with E-state index in [0.717, 1.165) is 0 Å². The van der Waals surface area contributed by atoms with Crippen molar-refractivity contribution in [1.29, 1.82) is 0 Å². The molecule has 0 amide bonds. The molecular formula is C11H17N5O10P2. The van der Waals surface area contributed by atoms with Crippen molar-refractivity contribution in [3.63, 3.8) is 0 Å². The molecule has 1 aliphatic heterocycles. The molecule has 0 aromatic carbocycles. The molecule has 0 bridgehead atoms. The van der Waals surface area contributed by atoms with E-state index in [0.29, 0.717) is 0 Å². The number of methoxy groups -OCH3 is 1. The standard InChI is InChI=1S/C11H17N5O10P2/c1-23-11-15-8-9(12)13-4-14-10(8)16(11)7-2-5(26-28(20,21)22)6(25-7)3-24-27(17,18)19/h4-7H,2-3H2,1H3,(H2,12,13,14)(H2,17,18,19)(H2,20,21,22)/t5-,6+,7+/m0/s1. The van der Waals surface area contributed by atoms with Gasteiger partial charge in [-0.3, -0.25) is 13.6 Å². The van der Waals surface area contributed by atoms with Crippen molar-refractivity contribution in [2.45, 2.75) is 24.9 Å². The Hall–Kier alpha value is -1.67. The second kappa shape index (κ2) is 7.63. The zero-order chi connectivity index (χ0) is 20.7. The third kappa shape index (κ3) is 4.66. The van der Waals surface area contributed by atoms with Crippen LogP contribution in [0.1, 0.15) is 12.6 Å². The quantitative estimate of drug-likeness (QED) is 0.335. The Morgan fingerprint density at radius 1 is 1.29 bits per heavy atom. The number of aromatic nitrogens is 4. The van der Waals surface area contributed by atoms with E-state index in [2.05, 4.69) is 19.5 Å². The molecule has 2 aromatic heterocycles. The van der Waals surface area contributed by atoms with E-state index in [9.17, 15) is 9.13 Å². The van der Waals surface area contributed by atoms with E-state index >= 15 is 0 Å². The monoisotopic (exact) mass is 441 g/mol. The zero-order valence-electron chi connectivity index (χ0n) is 14.2. The van der Waals surface area contributed by atoms with Crippen LogP contribution >= 0.6 is 15.6 Å². The highest BCUT2D eigenvalue weighted by Crippen LogP contribution is 2.46. The fraction of sp³-hybridized carbons (Fsp3) is 0.545. The number of ether oxygens (including phenoxy) is 2. The average molecular weight is 441 g/mol. The third-order valence-corrected chi connectivity index (χ3v) is 4.83. The molecule has 0 radical (unpaired) electrons. The molecule has 3 heterocycles. The van der Waals surface area contributed by atoms with E-state index in [1.54, 1.807) is 0 Å². The Morgan fingerprint density at radius 3 is 2.61 bits per heavy atom. The van der Waals surface area contributed by atoms with E-state index in [4.69, 9.17) is 39.3 Å². The van der Waals surface area contributed by atoms with Crippen LogP contribution in [0, 0.1) is 0 Å². The highest BCUT2D eigenvalue weighted by Gasteiger charge is 2.43. The van der Waals surface area contributed by atoms with Gasteiger partial charge in [0.15, 0.2) is 17.0 Å². The molecule has 3 rings (SSSR count). The fourth-order valence-corrected chi connectivity index (χ4v) is 3.69. The van der Waals surface area contributed by atoms with Crippen LogP contribution < -0.4 is 10.5 Å². The topological polar surface area (TPSA) is 222 Å². The first-order valence-corrected chi connectivity index (χ1v) is 10.7. The predicted molar refractivity (Wildman–Crippen MR) is 89.7 cm³/mol. The largest absolute Gasteiger partial charge is 0.469 e. The molecule has 1 aliphatic rings. The number of anilines is 1. The van der Waals surface area contributed by atoms with Gasteiger partial charge in [-0.05, 0) is 0 Å². The number of nitrogens with zero attached hydrogens (tertiary/aromatic N) is 4. The molecule has 0 aliphatic carbocycles. The minimum atomic E-state index is -4.93. The van der Waals surface area contributed by atoms with E-state index in [1.165, 1.54) is 18.0 Å². The van der Waals surface area contributed by atoms with Gasteiger partial charge in [0, 0.05) is 6.42 Å². The van der Waals surface area contributed by atoms with Gasteiger partial charge in [-0.15, -0.1) is 0 Å². The second-order valence-electron chi connectivity index (χ2n) is 5.69. The summed E-state index contributed by atoms with van der Waals surface area (Å²) in [7, 11) is -8.45. The van der Waals surface area contributed by atoms with Gasteiger partial charge in [-0.25, -0.2) is 19.1 Å². The van der Waals surface area contributed by atoms with Crippen LogP contribution in [0.25, 0.3) is 11.2 Å². The molecule has 15 nitrogen and oxygen atoms in total. The van der Waals surface area contributed by atoms with E-state index in [-0.39, 0.29) is 29.4 Å². The van der Waals surface area contributed by atoms with Crippen molar-refractivity contribution in [1.82, 2.24) is 19.5 Å². The smallest absolute Gasteiger partial charge is 0.468 e. The first-order valence-electron chi connectivity index (χ1n) is 7.60. The maximum atomic E-state index is 11.2. The van der Waals surface area contributed by atoms with Gasteiger partial charge in [0.05, 0.1) is 13.7 Å². The lowest BCUT2D eigenvalue weighted by Crippen LogP contribution is -2.28. The summed E-state index contributed by atoms with van der Waals surface area (Å²) in [6, 6.07) is 0.0266. The first-order chi connectivity index (χ1) is 13.0. The van der Waals surface area contributed by atoms with Crippen molar-refractivity contribution < 1.29 is 47.2 Å². The third-order valence-electron chi connectivity index (χ3n) is 3.80. The minimum Gasteiger partial charge on any atom is -0.468 e. The van der Waals surface area contributed by atoms with Crippen LogP contribution in [-0.2, 0) is 22.9 Å². The molecule has 2 aromatic rings. The van der Waals surface area contributed by atoms with Crippen molar-refractivity contribution in [3.05, 3.63) is 6.33 Å². The number of hydrogen-bond acceptors (Lipinski definition) is 10. The van der Waals surface area contributed by atoms with Gasteiger partial charge in [0.25, 0.3) is 0 Å². The summed E-state index contributed by atoms with van der Waals surface area (Å²) in [5.41, 5.74) is 6.20. The van der Waals surface area contributed by atoms with E-state index < -0.39 is 40.7 Å². The maximum Gasteiger partial charge on any atom is 0.469 e. The van der Waals surface area contributed by atoms with Crippen molar-refractivity contribution in [3.8, 4) is 6.01 Å². The Kier molecular flexibility index (Phi) is 5.74. The van der Waals surface area contributed by atoms with Gasteiger partial charge < -0.3 is 34.8 Å². The van der Waals surface area contributed by atoms with Crippen molar-refractivity contribution >= 4 is 32.6 Å². The molecule has 6 N–H and O–H groups in total. The lowest BCUT2D eigenvalue weighted by Gasteiger charge is -2.19. The number of rotatable bonds is 7. The first kappa shape index (κ1) is 21.0. The Morgan fingerprint density at radius 2 is 2.00 bits per heavy atom. The summed E-state index contributed by atoms with van der Waals surface area (Å²) in [4.78, 5) is 48.0. The number of nitrogens with two attached hydrogens (primary N) is 1. The molecule has 0 unspecified atom stereocenters. The van der Waals surface area contributed by atoms with Crippen molar-refractivity contribution in [2.24, 2.45) is 0 Å². The van der Waals surface area contributed by atoms with Crippen LogP contribution in [0.4, 0.5) is 5.82 Å². The summed E-state index contributed by atoms with van der Waals surface area (Å²) in [5, 5.41) is 0. The number of phosphoric acid groups is 2. The molecule has 156 valence electrons. The van der Waals surface area contributed by atoms with Gasteiger partial charge in [-0.1, -0.05) is 0 Å². The lowest BCUT2D eigenvalue weighted by atomic mass is 10.2. The second-order valence-corrected chi connectivity index (χ2v) is 8.12. The molecule has 0 saturated carbocycles. The zero-order valence-corrected chi connectivity index (χ0v) is 16.0. The van der Waals surface area contributed by atoms with Crippen LogP contribution in [0.5, 0.6) is 6.01 Å². The SMILES string of the molecule is COc1nc2c(N)ncnc2n1[C@H]1C[C@H](OP(=O)(O)O)[C@@H](COP(=O)(O)O)O1. The van der Waals surface area contributed by atoms with Crippen LogP contribution in [0.3, 0.4) is 0 Å². The van der Waals surface area contributed by atoms with Gasteiger partial charge in [0.1, 0.15) is 24.8 Å². The molecule has 28 heavy (non-hydrogen) atoms. The molecular weight excluding hydrogens is 424 g/mol. The Labute approximate surface area is 156 Å². The summed E-state index contributed by atoms with van der Waals surface area (Å²) < 4.78 is 43.5. The Balaban J connectivity index is 1.94. The molecule has 1 saturated heterocycles. The summed E-state index contributed by atoms with van der Waals surface area (Å²) >= 11 is 0. The predicted octanol–water partition coefficient (Wildman–Crippen LogP) is -0.708. The number of nitrogen functional groups attached to an aromatic ring is 1. The average Bonchev–Trinajstić information content (AvgIpc) is 3.12. The lowest BCUT2D eigenvalue weighted by molar-refractivity contribution is -0.0436. The number of fused-ring (bicyclic) bond motifs is 1. The van der Waals surface area contributed by atoms with E-state index in [1.807, 2.05) is 0 Å². The number of hydrogen-bond donors (Lipinski definition) is 5. The Bertz CT molecular complexity index is 957. The molecule has 0 spiro atoms. The fourth-order valence-electron chi connectivity index (χ4n) is 2.78. The van der Waals surface area contributed by atoms with Gasteiger partial charge >= 0.3 is 21.7 Å². The highest BCUT2D eigenvalue weighted by atomic mass is 31.2. The van der Waals surface area contributed by atoms with Crippen LogP contribution in [0.15, 0.2) is 6.33 Å². The number of phosphoric ester groups is 2. The van der Waals surface area contributed by atoms with Gasteiger partial charge in [-0.2, -0.15) is 4.98 Å². The minimum absolute atomic E-state index is 0.0266. The summed E-state index contributed by atoms with van der Waals surface area (Å²) in [6.07, 6.45) is -2.38. The highest BCUT2D eigenvalue weighted by molar-refractivity contribution is 7.46. The molecule has 3 atom stereocenters. The summed E-state index contributed by atoms with van der Waals surface area (Å²) in [6.45, 7) is -0.683. The normalized spacial score (nSPS) is 23.4. The van der Waals surface area contributed by atoms with Crippen molar-refractivity contribution in [2.75, 3.05) is 19.5 Å². The van der Waals surface area contributed by atoms with Crippen LogP contribution in [-0.4, -0.2) is 65.0 Å². The molecule has 1 fully saturated rings. The van der Waals surface area contributed by atoms with Crippen LogP contribution in [0.2, 0.25) is 0 Å². The number of imidazole rings is 1.